The van der Waals surface area contributed by atoms with Gasteiger partial charge in [-0.1, -0.05) is 24.1 Å². The molecule has 0 bridgehead atoms. The highest BCUT2D eigenvalue weighted by atomic mass is 31.2. The Labute approximate surface area is 216 Å². The molecule has 6 atom stereocenters. The topological polar surface area (TPSA) is 161 Å². The van der Waals surface area contributed by atoms with Crippen LogP contribution in [0.5, 0.6) is 5.75 Å². The first-order valence-electron chi connectivity index (χ1n) is 11.2. The number of aromatic nitrogens is 2. The number of esters is 1. The zero-order valence-corrected chi connectivity index (χ0v) is 21.4. The van der Waals surface area contributed by atoms with E-state index in [-0.39, 0.29) is 5.75 Å². The molecule has 1 aromatic carbocycles. The normalized spacial score (nSPS) is 25.4. The number of ether oxygens (including phenoxy) is 2. The molecule has 12 nitrogen and oxygen atoms in total. The van der Waals surface area contributed by atoms with Crippen LogP contribution in [0, 0.1) is 18.2 Å². The second kappa shape index (κ2) is 11.6. The molecule has 1 aromatic heterocycles. The van der Waals surface area contributed by atoms with Gasteiger partial charge in [0.05, 0.1) is 18.9 Å². The fraction of sp³-hybridized carbons (Fsp3) is 0.435. The van der Waals surface area contributed by atoms with E-state index in [1.54, 1.807) is 38.0 Å². The van der Waals surface area contributed by atoms with Crippen molar-refractivity contribution in [3.05, 3.63) is 52.8 Å². The number of nitrogen functional groups attached to an aromatic ring is 1. The summed E-state index contributed by atoms with van der Waals surface area (Å²) < 4.78 is 69.8. The first kappa shape index (κ1) is 29.2. The summed E-state index contributed by atoms with van der Waals surface area (Å²) in [6.07, 6.45) is -2.01. The number of terminal acetylenes is 1. The molecule has 0 radical (unpaired) electrons. The molecule has 3 rings (SSSR count). The van der Waals surface area contributed by atoms with Crippen molar-refractivity contribution in [3.8, 4) is 18.1 Å². The third-order valence-electron chi connectivity index (χ3n) is 5.18. The number of rotatable bonds is 10. The highest BCUT2D eigenvalue weighted by molar-refractivity contribution is 7.49. The minimum atomic E-state index is -4.66. The third-order valence-corrected chi connectivity index (χ3v) is 6.66. The predicted molar refractivity (Wildman–Crippen MR) is 128 cm³/mol. The van der Waals surface area contributed by atoms with Crippen LogP contribution in [0.25, 0.3) is 0 Å². The Morgan fingerprint density at radius 1 is 1.37 bits per heavy atom. The summed E-state index contributed by atoms with van der Waals surface area (Å²) in [6, 6.07) is 7.63. The minimum Gasteiger partial charge on any atom is -0.461 e. The van der Waals surface area contributed by atoms with Gasteiger partial charge in [-0.3, -0.25) is 13.6 Å². The molecule has 2 heterocycles. The van der Waals surface area contributed by atoms with E-state index in [9.17, 15) is 23.7 Å². The van der Waals surface area contributed by atoms with Gasteiger partial charge in [-0.05, 0) is 32.9 Å². The third kappa shape index (κ3) is 6.38. The van der Waals surface area contributed by atoms with Crippen LogP contribution in [0.15, 0.2) is 41.3 Å². The summed E-state index contributed by atoms with van der Waals surface area (Å²) in [5, 5.41) is 10.6. The number of benzene rings is 1. The Bertz CT molecular complexity index is 1300. The van der Waals surface area contributed by atoms with Gasteiger partial charge in [0.15, 0.2) is 24.0 Å². The van der Waals surface area contributed by atoms with Crippen LogP contribution in [0.1, 0.15) is 27.0 Å². The van der Waals surface area contributed by atoms with Gasteiger partial charge in [-0.15, -0.1) is 6.42 Å². The van der Waals surface area contributed by atoms with Crippen molar-refractivity contribution in [2.75, 3.05) is 12.3 Å². The second-order valence-corrected chi connectivity index (χ2v) is 9.97. The molecule has 0 saturated carbocycles. The number of phosphoric acid groups is 1. The highest BCUT2D eigenvalue weighted by Gasteiger charge is 2.58. The Morgan fingerprint density at radius 2 is 2.03 bits per heavy atom. The summed E-state index contributed by atoms with van der Waals surface area (Å²) >= 11 is 0. The van der Waals surface area contributed by atoms with Gasteiger partial charge >= 0.3 is 19.5 Å². The van der Waals surface area contributed by atoms with Gasteiger partial charge in [-0.2, -0.15) is 4.98 Å². The molecule has 38 heavy (non-hydrogen) atoms. The van der Waals surface area contributed by atoms with Crippen molar-refractivity contribution in [3.63, 3.8) is 0 Å². The van der Waals surface area contributed by atoms with Gasteiger partial charge in [0.1, 0.15) is 18.0 Å². The lowest BCUT2D eigenvalue weighted by Crippen LogP contribution is -2.44. The number of anilines is 1. The van der Waals surface area contributed by atoms with Crippen LogP contribution in [0.2, 0.25) is 0 Å². The number of hydrogen-bond acceptors (Lipinski definition) is 11. The first-order chi connectivity index (χ1) is 17.8. The van der Waals surface area contributed by atoms with Crippen LogP contribution >= 0.6 is 7.82 Å². The van der Waals surface area contributed by atoms with E-state index in [1.165, 1.54) is 19.1 Å². The van der Waals surface area contributed by atoms with Crippen molar-refractivity contribution >= 4 is 19.6 Å². The van der Waals surface area contributed by atoms with Crippen LogP contribution in [-0.2, 0) is 27.9 Å². The summed E-state index contributed by atoms with van der Waals surface area (Å²) in [5.41, 5.74) is 0.976. The van der Waals surface area contributed by atoms with Crippen molar-refractivity contribution in [2.45, 2.75) is 57.1 Å². The molecule has 2 aromatic rings. The van der Waals surface area contributed by atoms with Gasteiger partial charge in [0.2, 0.25) is 5.67 Å². The maximum Gasteiger partial charge on any atom is 0.530 e. The predicted octanol–water partition coefficient (Wildman–Crippen LogP) is 2.12. The summed E-state index contributed by atoms with van der Waals surface area (Å²) in [5.74, 6) is -1.05. The molecule has 1 aliphatic heterocycles. The number of carbonyl (C=O) groups excluding carboxylic acids is 1. The van der Waals surface area contributed by atoms with E-state index in [4.69, 9.17) is 35.2 Å². The monoisotopic (exact) mass is 557 g/mol. The van der Waals surface area contributed by atoms with E-state index in [2.05, 4.69) is 4.98 Å². The van der Waals surface area contributed by atoms with Crippen molar-refractivity contribution < 1.29 is 46.3 Å². The van der Waals surface area contributed by atoms with E-state index in [0.717, 1.165) is 0 Å². The van der Waals surface area contributed by atoms with E-state index >= 15 is 4.39 Å². The number of hydrogen-bond donors (Lipinski definition) is 2. The van der Waals surface area contributed by atoms with E-state index < -0.39 is 74.0 Å². The summed E-state index contributed by atoms with van der Waals surface area (Å²) in [6.45, 7) is 3.57. The lowest BCUT2D eigenvalue weighted by molar-refractivity contribution is -0.156. The largest absolute Gasteiger partial charge is 0.530 e. The standard InChI is InChI=1S/C23H26F2N3O9P/c1-5-23(25)18(29)17(35-21(23)28-11-16(24)19(26)27-22(28)31)12-33-38(32,37-15-9-7-6-8-10-15)36-14(4)20(30)34-13(2)3/h1,6-11,13-14,17-18,21,29H,12H2,2-4H3,(H2,26,27,31)/t14-,17+,18-,21+,23?,38?/m0/s1. The lowest BCUT2D eigenvalue weighted by atomic mass is 9.97. The fourth-order valence-corrected chi connectivity index (χ4v) is 4.69. The maximum absolute atomic E-state index is 15.7. The number of para-hydroxylation sites is 1. The molecule has 1 aliphatic rings. The smallest absolute Gasteiger partial charge is 0.461 e. The van der Waals surface area contributed by atoms with Crippen molar-refractivity contribution in [2.24, 2.45) is 0 Å². The van der Waals surface area contributed by atoms with Gasteiger partial charge in [-0.25, -0.2) is 22.9 Å². The number of nitrogens with two attached hydrogens (primary N) is 1. The van der Waals surface area contributed by atoms with Crippen LogP contribution in [-0.4, -0.2) is 57.3 Å². The molecular formula is C23H26F2N3O9P. The van der Waals surface area contributed by atoms with Gasteiger partial charge in [0.25, 0.3) is 0 Å². The Morgan fingerprint density at radius 3 is 2.63 bits per heavy atom. The number of phosphoric ester groups is 1. The van der Waals surface area contributed by atoms with Crippen LogP contribution in [0.3, 0.4) is 0 Å². The Kier molecular flexibility index (Phi) is 8.91. The number of aliphatic hydroxyl groups is 1. The average Bonchev–Trinajstić information content (AvgIpc) is 3.10. The molecule has 3 N–H and O–H groups in total. The number of aliphatic hydroxyl groups excluding tert-OH is 1. The number of alkyl halides is 1. The molecule has 0 aliphatic carbocycles. The Balaban J connectivity index is 1.85. The molecule has 0 spiro atoms. The van der Waals surface area contributed by atoms with Gasteiger partial charge < -0.3 is 24.8 Å². The van der Waals surface area contributed by atoms with E-state index in [1.807, 2.05) is 0 Å². The number of carbonyl (C=O) groups is 1. The fourth-order valence-electron chi connectivity index (χ4n) is 3.35. The zero-order chi connectivity index (χ0) is 28.3. The molecule has 0 amide bonds. The van der Waals surface area contributed by atoms with Crippen LogP contribution in [0.4, 0.5) is 14.6 Å². The zero-order valence-electron chi connectivity index (χ0n) is 20.5. The van der Waals surface area contributed by atoms with Crippen molar-refractivity contribution in [1.29, 1.82) is 0 Å². The number of nitrogens with zero attached hydrogens (tertiary/aromatic N) is 2. The Hall–Kier alpha value is -3.34. The summed E-state index contributed by atoms with van der Waals surface area (Å²) in [4.78, 5) is 27.7. The molecule has 206 valence electrons. The average molecular weight is 557 g/mol. The maximum atomic E-state index is 15.7. The van der Waals surface area contributed by atoms with Crippen LogP contribution < -0.4 is 15.9 Å². The van der Waals surface area contributed by atoms with Crippen molar-refractivity contribution in [1.82, 2.24) is 9.55 Å². The van der Waals surface area contributed by atoms with Gasteiger partial charge in [0, 0.05) is 0 Å². The molecule has 1 fully saturated rings. The second-order valence-electron chi connectivity index (χ2n) is 8.43. The number of halogens is 2. The molecular weight excluding hydrogens is 531 g/mol. The molecule has 1 saturated heterocycles. The summed E-state index contributed by atoms with van der Waals surface area (Å²) in [7, 11) is -4.66. The lowest BCUT2D eigenvalue weighted by Gasteiger charge is -2.24. The minimum absolute atomic E-state index is 0.0319. The van der Waals surface area contributed by atoms with E-state index in [0.29, 0.717) is 10.8 Å². The molecule has 15 heteroatoms. The highest BCUT2D eigenvalue weighted by Crippen LogP contribution is 2.52. The quantitative estimate of drug-likeness (QED) is 0.250. The first-order valence-corrected chi connectivity index (χ1v) is 12.7. The molecule has 2 unspecified atom stereocenters. The SMILES string of the molecule is C#CC1(F)[C@@H](O)[C@@H](COP(=O)(Oc2ccccc2)O[C@@H](C)C(=O)OC(C)C)O[C@H]1n1cc(F)c(N)nc1=O.